The summed E-state index contributed by atoms with van der Waals surface area (Å²) in [6, 6.07) is 1.01. The number of rotatable bonds is 5. The van der Waals surface area contributed by atoms with E-state index < -0.39 is 0 Å². The number of piperidine rings is 1. The molecule has 1 N–H and O–H groups in total. The van der Waals surface area contributed by atoms with Gasteiger partial charge in [-0.25, -0.2) is 15.2 Å². The lowest BCUT2D eigenvalue weighted by Crippen LogP contribution is -2.51. The number of hydrogen-bond donors (Lipinski definition) is 1. The van der Waals surface area contributed by atoms with Gasteiger partial charge in [-0.05, 0) is 33.6 Å². The van der Waals surface area contributed by atoms with Crippen molar-refractivity contribution in [3.05, 3.63) is 17.5 Å². The molecular weight excluding hydrogens is 268 g/mol. The molecule has 21 heavy (non-hydrogen) atoms. The van der Waals surface area contributed by atoms with Gasteiger partial charge in [0.2, 0.25) is 0 Å². The molecule has 0 aromatic carbocycles. The van der Waals surface area contributed by atoms with Gasteiger partial charge in [-0.2, -0.15) is 5.10 Å². The van der Waals surface area contributed by atoms with Crippen molar-refractivity contribution < 1.29 is 9.53 Å². The highest BCUT2D eigenvalue weighted by molar-refractivity contribution is 5.90. The number of carbonyl (C=O) groups is 1. The molecule has 0 saturated carbocycles. The van der Waals surface area contributed by atoms with Crippen LogP contribution in [0, 0.1) is 0 Å². The van der Waals surface area contributed by atoms with Crippen LogP contribution in [0.15, 0.2) is 6.20 Å². The summed E-state index contributed by atoms with van der Waals surface area (Å²) in [5.41, 5.74) is 4.87. The first-order chi connectivity index (χ1) is 10.0. The van der Waals surface area contributed by atoms with Crippen molar-refractivity contribution in [1.29, 1.82) is 0 Å². The van der Waals surface area contributed by atoms with Crippen molar-refractivity contribution in [2.24, 2.45) is 7.05 Å². The number of aryl methyl sites for hydroxylation is 1. The maximum atomic E-state index is 11.9. The van der Waals surface area contributed by atoms with Crippen LogP contribution in [0.1, 0.15) is 56.1 Å². The Bertz CT molecular complexity index is 476. The van der Waals surface area contributed by atoms with Crippen LogP contribution < -0.4 is 5.43 Å². The third-order valence-electron chi connectivity index (χ3n) is 4.18. The Morgan fingerprint density at radius 3 is 2.71 bits per heavy atom. The molecule has 1 fully saturated rings. The second-order valence-electron chi connectivity index (χ2n) is 5.72. The van der Waals surface area contributed by atoms with Crippen molar-refractivity contribution in [1.82, 2.24) is 20.2 Å². The number of hydrogen-bond acceptors (Lipinski definition) is 5. The van der Waals surface area contributed by atoms with Gasteiger partial charge in [0.15, 0.2) is 0 Å². The van der Waals surface area contributed by atoms with Gasteiger partial charge in [0.05, 0.1) is 25.0 Å². The molecule has 2 rings (SSSR count). The minimum absolute atomic E-state index is 0.304. The highest BCUT2D eigenvalue weighted by atomic mass is 16.5. The average Bonchev–Trinajstić information content (AvgIpc) is 2.80. The topological polar surface area (TPSA) is 59.4 Å². The van der Waals surface area contributed by atoms with Gasteiger partial charge >= 0.3 is 5.97 Å². The second-order valence-corrected chi connectivity index (χ2v) is 5.72. The molecule has 2 atom stereocenters. The number of hydrazine groups is 1. The molecular formula is C15H26N4O2. The van der Waals surface area contributed by atoms with Crippen LogP contribution in [0.4, 0.5) is 0 Å². The number of ether oxygens (including phenoxy) is 1. The van der Waals surface area contributed by atoms with E-state index in [0.29, 0.717) is 30.8 Å². The summed E-state index contributed by atoms with van der Waals surface area (Å²) >= 11 is 0. The number of esters is 1. The van der Waals surface area contributed by atoms with Gasteiger partial charge < -0.3 is 4.74 Å². The van der Waals surface area contributed by atoms with Gasteiger partial charge in [-0.3, -0.25) is 4.68 Å². The molecule has 0 radical (unpaired) electrons. The minimum atomic E-state index is -0.304. The van der Waals surface area contributed by atoms with Crippen LogP contribution in [0.25, 0.3) is 0 Å². The molecule has 0 spiro atoms. The van der Waals surface area contributed by atoms with Crippen molar-refractivity contribution in [3.63, 3.8) is 0 Å². The van der Waals surface area contributed by atoms with Gasteiger partial charge in [0, 0.05) is 19.1 Å². The fraction of sp³-hybridized carbons (Fsp3) is 0.733. The number of aromatic nitrogens is 2. The van der Waals surface area contributed by atoms with E-state index in [4.69, 9.17) is 4.74 Å². The Balaban J connectivity index is 2.05. The minimum Gasteiger partial charge on any atom is -0.462 e. The van der Waals surface area contributed by atoms with Crippen LogP contribution >= 0.6 is 0 Å². The highest BCUT2D eigenvalue weighted by Crippen LogP contribution is 2.21. The first kappa shape index (κ1) is 16.0. The molecule has 1 aromatic heterocycles. The Hall–Kier alpha value is -1.40. The Kier molecular flexibility index (Phi) is 5.36. The molecule has 2 unspecified atom stereocenters. The number of carbonyl (C=O) groups excluding carboxylic acids is 1. The van der Waals surface area contributed by atoms with E-state index in [1.165, 1.54) is 19.3 Å². The second kappa shape index (κ2) is 7.04. The predicted octanol–water partition coefficient (Wildman–Crippen LogP) is 1.86. The van der Waals surface area contributed by atoms with Crippen molar-refractivity contribution in [2.75, 3.05) is 6.61 Å². The molecule has 1 aromatic rings. The molecule has 2 heterocycles. The summed E-state index contributed by atoms with van der Waals surface area (Å²) in [6.07, 6.45) is 5.26. The molecule has 1 aliphatic rings. The third kappa shape index (κ3) is 3.63. The first-order valence-corrected chi connectivity index (χ1v) is 7.74. The molecule has 1 saturated heterocycles. The van der Waals surface area contributed by atoms with E-state index >= 15 is 0 Å². The van der Waals surface area contributed by atoms with Gasteiger partial charge in [-0.1, -0.05) is 6.42 Å². The molecule has 1 aliphatic heterocycles. The van der Waals surface area contributed by atoms with E-state index in [-0.39, 0.29) is 5.97 Å². The Labute approximate surface area is 126 Å². The summed E-state index contributed by atoms with van der Waals surface area (Å²) in [7, 11) is 1.85. The molecule has 0 aliphatic carbocycles. The lowest BCUT2D eigenvalue weighted by atomic mass is 10.00. The largest absolute Gasteiger partial charge is 0.462 e. The van der Waals surface area contributed by atoms with E-state index in [9.17, 15) is 4.79 Å². The third-order valence-corrected chi connectivity index (χ3v) is 4.18. The number of nitrogens with zero attached hydrogens (tertiary/aromatic N) is 3. The van der Waals surface area contributed by atoms with E-state index in [1.54, 1.807) is 10.9 Å². The van der Waals surface area contributed by atoms with Crippen LogP contribution in [-0.2, 0) is 18.3 Å². The Morgan fingerprint density at radius 1 is 1.43 bits per heavy atom. The maximum Gasteiger partial charge on any atom is 0.341 e. The molecule has 118 valence electrons. The average molecular weight is 294 g/mol. The lowest BCUT2D eigenvalue weighted by molar-refractivity contribution is 0.0418. The summed E-state index contributed by atoms with van der Waals surface area (Å²) in [6.45, 7) is 7.24. The summed E-state index contributed by atoms with van der Waals surface area (Å²) < 4.78 is 6.82. The van der Waals surface area contributed by atoms with Crippen LogP contribution in [-0.4, -0.2) is 39.4 Å². The molecule has 0 amide bonds. The fourth-order valence-electron chi connectivity index (χ4n) is 2.95. The fourth-order valence-corrected chi connectivity index (χ4v) is 2.95. The standard InChI is InChI=1S/C15H26N4O2/c1-5-21-15(20)13-9-16-18(4)14(13)10-17-19-11(2)7-6-8-12(19)3/h9,11-12,17H,5-8,10H2,1-4H3. The predicted molar refractivity (Wildman–Crippen MR) is 80.6 cm³/mol. The Morgan fingerprint density at radius 2 is 2.10 bits per heavy atom. The van der Waals surface area contributed by atoms with Crippen molar-refractivity contribution in [2.45, 2.75) is 58.7 Å². The normalized spacial score (nSPS) is 23.2. The van der Waals surface area contributed by atoms with E-state index in [2.05, 4.69) is 29.4 Å². The van der Waals surface area contributed by atoms with Crippen LogP contribution in [0.3, 0.4) is 0 Å². The zero-order chi connectivity index (χ0) is 15.4. The smallest absolute Gasteiger partial charge is 0.341 e. The monoisotopic (exact) mass is 294 g/mol. The molecule has 6 heteroatoms. The van der Waals surface area contributed by atoms with E-state index in [1.807, 2.05) is 14.0 Å². The maximum absolute atomic E-state index is 11.9. The zero-order valence-corrected chi connectivity index (χ0v) is 13.4. The van der Waals surface area contributed by atoms with Gasteiger partial charge in [-0.15, -0.1) is 0 Å². The highest BCUT2D eigenvalue weighted by Gasteiger charge is 2.25. The van der Waals surface area contributed by atoms with E-state index in [0.717, 1.165) is 5.69 Å². The lowest BCUT2D eigenvalue weighted by Gasteiger charge is -2.39. The first-order valence-electron chi connectivity index (χ1n) is 7.74. The summed E-state index contributed by atoms with van der Waals surface area (Å²) in [5.74, 6) is -0.304. The van der Waals surface area contributed by atoms with Gasteiger partial charge in [0.1, 0.15) is 5.56 Å². The van der Waals surface area contributed by atoms with Gasteiger partial charge in [0.25, 0.3) is 0 Å². The summed E-state index contributed by atoms with van der Waals surface area (Å²) in [5, 5.41) is 6.48. The zero-order valence-electron chi connectivity index (χ0n) is 13.4. The number of nitrogens with one attached hydrogen (secondary N) is 1. The summed E-state index contributed by atoms with van der Waals surface area (Å²) in [4.78, 5) is 11.9. The van der Waals surface area contributed by atoms with Crippen molar-refractivity contribution in [3.8, 4) is 0 Å². The van der Waals surface area contributed by atoms with Crippen molar-refractivity contribution >= 4 is 5.97 Å². The molecule has 0 bridgehead atoms. The van der Waals surface area contributed by atoms with Crippen LogP contribution in [0.5, 0.6) is 0 Å². The van der Waals surface area contributed by atoms with Crippen LogP contribution in [0.2, 0.25) is 0 Å². The quantitative estimate of drug-likeness (QED) is 0.840. The molecule has 6 nitrogen and oxygen atoms in total. The SMILES string of the molecule is CCOC(=O)c1cnn(C)c1CNN1C(C)CCCC1C.